The number of allylic oxidation sites excluding steroid dienone is 2. The largest absolute Gasteiger partial charge is 0.0991 e. The Morgan fingerprint density at radius 1 is 0.929 bits per heavy atom. The summed E-state index contributed by atoms with van der Waals surface area (Å²) in [5.41, 5.74) is 1.24. The lowest BCUT2D eigenvalue weighted by atomic mass is 10.0. The summed E-state index contributed by atoms with van der Waals surface area (Å²) in [6.07, 6.45) is 5.83. The Morgan fingerprint density at radius 3 is 2.57 bits per heavy atom. The summed E-state index contributed by atoms with van der Waals surface area (Å²) in [6, 6.07) is 14.7. The SMILES string of the molecule is C=CC=Cc1cccc2ccccc12. The fourth-order valence-electron chi connectivity index (χ4n) is 1.57. The maximum Gasteiger partial charge on any atom is -0.0111 e. The molecule has 0 amide bonds. The van der Waals surface area contributed by atoms with E-state index in [1.807, 2.05) is 6.08 Å². The average molecular weight is 180 g/mol. The molecule has 0 fully saturated rings. The number of fused-ring (bicyclic) bond motifs is 1. The molecular weight excluding hydrogens is 168 g/mol. The van der Waals surface area contributed by atoms with E-state index in [1.165, 1.54) is 16.3 Å². The normalized spacial score (nSPS) is 10.9. The highest BCUT2D eigenvalue weighted by Crippen LogP contribution is 2.19. The van der Waals surface area contributed by atoms with Crippen LogP contribution in [0.4, 0.5) is 0 Å². The molecule has 0 spiro atoms. The van der Waals surface area contributed by atoms with Crippen LogP contribution in [0.15, 0.2) is 61.2 Å². The Hall–Kier alpha value is -1.82. The second kappa shape index (κ2) is 3.93. The van der Waals surface area contributed by atoms with Gasteiger partial charge in [0.1, 0.15) is 0 Å². The lowest BCUT2D eigenvalue weighted by Gasteiger charge is -2.00. The molecule has 0 saturated heterocycles. The smallest absolute Gasteiger partial charge is 0.0111 e. The van der Waals surface area contributed by atoms with Crippen LogP contribution in [0.1, 0.15) is 5.56 Å². The van der Waals surface area contributed by atoms with Crippen molar-refractivity contribution in [1.29, 1.82) is 0 Å². The zero-order chi connectivity index (χ0) is 9.80. The third-order valence-electron chi connectivity index (χ3n) is 2.24. The highest BCUT2D eigenvalue weighted by atomic mass is 14.0. The van der Waals surface area contributed by atoms with Gasteiger partial charge in [-0.05, 0) is 16.3 Å². The van der Waals surface area contributed by atoms with Crippen molar-refractivity contribution >= 4 is 16.8 Å². The van der Waals surface area contributed by atoms with Gasteiger partial charge in [-0.15, -0.1) is 0 Å². The summed E-state index contributed by atoms with van der Waals surface area (Å²) in [7, 11) is 0. The first-order valence-electron chi connectivity index (χ1n) is 4.68. The summed E-state index contributed by atoms with van der Waals surface area (Å²) in [5.74, 6) is 0. The summed E-state index contributed by atoms with van der Waals surface area (Å²) >= 11 is 0. The maximum absolute atomic E-state index is 3.67. The van der Waals surface area contributed by atoms with Crippen molar-refractivity contribution in [2.24, 2.45) is 0 Å². The first-order valence-corrected chi connectivity index (χ1v) is 4.68. The van der Waals surface area contributed by atoms with Crippen LogP contribution in [-0.2, 0) is 0 Å². The molecule has 14 heavy (non-hydrogen) atoms. The van der Waals surface area contributed by atoms with E-state index in [0.29, 0.717) is 0 Å². The molecule has 0 bridgehead atoms. The first kappa shape index (κ1) is 8.76. The molecule has 0 N–H and O–H groups in total. The van der Waals surface area contributed by atoms with E-state index in [9.17, 15) is 0 Å². The molecule has 0 unspecified atom stereocenters. The van der Waals surface area contributed by atoms with E-state index in [1.54, 1.807) is 6.08 Å². The van der Waals surface area contributed by atoms with Crippen LogP contribution >= 0.6 is 0 Å². The lowest BCUT2D eigenvalue weighted by molar-refractivity contribution is 1.71. The second-order valence-electron chi connectivity index (χ2n) is 3.16. The molecule has 0 aliphatic rings. The van der Waals surface area contributed by atoms with Crippen LogP contribution in [-0.4, -0.2) is 0 Å². The predicted octanol–water partition coefficient (Wildman–Crippen LogP) is 4.04. The summed E-state index contributed by atoms with van der Waals surface area (Å²) in [6.45, 7) is 3.67. The molecule has 2 aromatic carbocycles. The number of hydrogen-bond acceptors (Lipinski definition) is 0. The molecule has 2 rings (SSSR count). The summed E-state index contributed by atoms with van der Waals surface area (Å²) in [5, 5.41) is 2.56. The highest BCUT2D eigenvalue weighted by Gasteiger charge is 1.94. The van der Waals surface area contributed by atoms with Gasteiger partial charge in [0.25, 0.3) is 0 Å². The van der Waals surface area contributed by atoms with E-state index in [-0.39, 0.29) is 0 Å². The van der Waals surface area contributed by atoms with Crippen LogP contribution in [0.2, 0.25) is 0 Å². The standard InChI is InChI=1S/C14H12/c1-2-3-7-12-9-6-10-13-8-4-5-11-14(12)13/h2-11H,1H2. The molecule has 0 aliphatic heterocycles. The molecule has 0 atom stereocenters. The van der Waals surface area contributed by atoms with Crippen molar-refractivity contribution < 1.29 is 0 Å². The first-order chi connectivity index (χ1) is 6.92. The van der Waals surface area contributed by atoms with Gasteiger partial charge in [-0.3, -0.25) is 0 Å². The van der Waals surface area contributed by atoms with Gasteiger partial charge in [-0.25, -0.2) is 0 Å². The number of benzene rings is 2. The molecule has 0 radical (unpaired) electrons. The lowest BCUT2D eigenvalue weighted by Crippen LogP contribution is -1.76. The molecular formula is C14H12. The topological polar surface area (TPSA) is 0 Å². The van der Waals surface area contributed by atoms with Crippen LogP contribution < -0.4 is 0 Å². The Balaban J connectivity index is 2.64. The third kappa shape index (κ3) is 1.60. The van der Waals surface area contributed by atoms with Gasteiger partial charge < -0.3 is 0 Å². The minimum Gasteiger partial charge on any atom is -0.0991 e. The quantitative estimate of drug-likeness (QED) is 0.612. The van der Waals surface area contributed by atoms with Crippen LogP contribution in [0.5, 0.6) is 0 Å². The molecule has 68 valence electrons. The Bertz CT molecular complexity index is 473. The van der Waals surface area contributed by atoms with Gasteiger partial charge in [0.2, 0.25) is 0 Å². The van der Waals surface area contributed by atoms with Gasteiger partial charge in [0, 0.05) is 0 Å². The molecule has 0 saturated carbocycles. The van der Waals surface area contributed by atoms with E-state index in [4.69, 9.17) is 0 Å². The van der Waals surface area contributed by atoms with Crippen molar-refractivity contribution in [2.45, 2.75) is 0 Å². The van der Waals surface area contributed by atoms with Gasteiger partial charge in [-0.2, -0.15) is 0 Å². The van der Waals surface area contributed by atoms with Crippen molar-refractivity contribution in [2.75, 3.05) is 0 Å². The van der Waals surface area contributed by atoms with Crippen LogP contribution in [0.3, 0.4) is 0 Å². The molecule has 0 aliphatic carbocycles. The highest BCUT2D eigenvalue weighted by molar-refractivity contribution is 5.90. The Morgan fingerprint density at radius 2 is 1.71 bits per heavy atom. The molecule has 2 aromatic rings. The fraction of sp³-hybridized carbons (Fsp3) is 0. The van der Waals surface area contributed by atoms with E-state index >= 15 is 0 Å². The van der Waals surface area contributed by atoms with Crippen molar-refractivity contribution in [3.63, 3.8) is 0 Å². The number of rotatable bonds is 2. The fourth-order valence-corrected chi connectivity index (χ4v) is 1.57. The van der Waals surface area contributed by atoms with E-state index in [0.717, 1.165) is 0 Å². The zero-order valence-corrected chi connectivity index (χ0v) is 7.98. The zero-order valence-electron chi connectivity index (χ0n) is 7.98. The predicted molar refractivity (Wildman–Crippen MR) is 63.2 cm³/mol. The van der Waals surface area contributed by atoms with Gasteiger partial charge in [0.05, 0.1) is 0 Å². The molecule has 0 heterocycles. The van der Waals surface area contributed by atoms with E-state index < -0.39 is 0 Å². The van der Waals surface area contributed by atoms with Crippen LogP contribution in [0.25, 0.3) is 16.8 Å². The summed E-state index contributed by atoms with van der Waals surface area (Å²) in [4.78, 5) is 0. The van der Waals surface area contributed by atoms with Gasteiger partial charge >= 0.3 is 0 Å². The third-order valence-corrected chi connectivity index (χ3v) is 2.24. The van der Waals surface area contributed by atoms with Crippen molar-refractivity contribution in [3.8, 4) is 0 Å². The van der Waals surface area contributed by atoms with Crippen molar-refractivity contribution in [3.05, 3.63) is 66.8 Å². The van der Waals surface area contributed by atoms with Gasteiger partial charge in [0.15, 0.2) is 0 Å². The molecule has 0 aromatic heterocycles. The van der Waals surface area contributed by atoms with Crippen LogP contribution in [0, 0.1) is 0 Å². The minimum atomic E-state index is 1.24. The average Bonchev–Trinajstić information content (AvgIpc) is 2.26. The van der Waals surface area contributed by atoms with E-state index in [2.05, 4.69) is 55.1 Å². The maximum atomic E-state index is 3.67. The minimum absolute atomic E-state index is 1.24. The number of hydrogen-bond donors (Lipinski definition) is 0. The Labute approximate surface area is 84.2 Å². The molecule has 0 heteroatoms. The second-order valence-corrected chi connectivity index (χ2v) is 3.16. The summed E-state index contributed by atoms with van der Waals surface area (Å²) < 4.78 is 0. The molecule has 0 nitrogen and oxygen atoms in total. The van der Waals surface area contributed by atoms with Gasteiger partial charge in [-0.1, -0.05) is 67.3 Å². The van der Waals surface area contributed by atoms with Crippen molar-refractivity contribution in [1.82, 2.24) is 0 Å². The Kier molecular flexibility index (Phi) is 2.46. The monoisotopic (exact) mass is 180 g/mol.